The Morgan fingerprint density at radius 1 is 1.31 bits per heavy atom. The second kappa shape index (κ2) is 7.31. The highest BCUT2D eigenvalue weighted by molar-refractivity contribution is 5.82. The topological polar surface area (TPSA) is 83.9 Å². The number of phenols is 1. The number of fused-ring (bicyclic) bond motifs is 1. The number of pyridine rings is 1. The number of benzene rings is 1. The SMILES string of the molecule is O=C(C1COCCN1)N1CCOc2c(O)cc(-c3cccnc3)cc2C1. The smallest absolute Gasteiger partial charge is 0.242 e. The first kappa shape index (κ1) is 16.8. The predicted octanol–water partition coefficient (Wildman–Crippen LogP) is 1.16. The second-order valence-electron chi connectivity index (χ2n) is 6.42. The molecule has 1 saturated heterocycles. The third-order valence-corrected chi connectivity index (χ3v) is 4.64. The molecule has 1 atom stereocenters. The molecule has 1 amide bonds. The number of ether oxygens (including phenoxy) is 2. The highest BCUT2D eigenvalue weighted by Gasteiger charge is 2.29. The Hall–Kier alpha value is -2.64. The lowest BCUT2D eigenvalue weighted by Crippen LogP contribution is -2.52. The van der Waals surface area contributed by atoms with Crippen LogP contribution < -0.4 is 10.1 Å². The number of hydrogen-bond acceptors (Lipinski definition) is 6. The lowest BCUT2D eigenvalue weighted by Gasteiger charge is -2.29. The minimum Gasteiger partial charge on any atom is -0.504 e. The summed E-state index contributed by atoms with van der Waals surface area (Å²) in [6, 6.07) is 7.06. The van der Waals surface area contributed by atoms with Crippen molar-refractivity contribution in [2.75, 3.05) is 32.9 Å². The van der Waals surface area contributed by atoms with E-state index in [1.54, 1.807) is 23.4 Å². The third kappa shape index (κ3) is 3.36. The van der Waals surface area contributed by atoms with Crippen molar-refractivity contribution >= 4 is 5.91 Å². The zero-order valence-corrected chi connectivity index (χ0v) is 14.4. The maximum Gasteiger partial charge on any atom is 0.242 e. The molecule has 1 aromatic heterocycles. The Bertz CT molecular complexity index is 791. The van der Waals surface area contributed by atoms with E-state index in [2.05, 4.69) is 10.3 Å². The molecule has 1 unspecified atom stereocenters. The number of aromatic hydroxyl groups is 1. The normalized spacial score (nSPS) is 20.0. The fourth-order valence-electron chi connectivity index (χ4n) is 3.33. The predicted molar refractivity (Wildman–Crippen MR) is 94.9 cm³/mol. The van der Waals surface area contributed by atoms with Gasteiger partial charge >= 0.3 is 0 Å². The van der Waals surface area contributed by atoms with E-state index in [0.717, 1.165) is 16.7 Å². The monoisotopic (exact) mass is 355 g/mol. The fraction of sp³-hybridized carbons (Fsp3) is 0.368. The van der Waals surface area contributed by atoms with E-state index < -0.39 is 0 Å². The molecule has 3 heterocycles. The van der Waals surface area contributed by atoms with Crippen LogP contribution >= 0.6 is 0 Å². The molecule has 0 aliphatic carbocycles. The summed E-state index contributed by atoms with van der Waals surface area (Å²) in [5, 5.41) is 13.6. The second-order valence-corrected chi connectivity index (χ2v) is 6.42. The molecule has 1 fully saturated rings. The summed E-state index contributed by atoms with van der Waals surface area (Å²) in [4.78, 5) is 18.7. The lowest BCUT2D eigenvalue weighted by molar-refractivity contribution is -0.137. The highest BCUT2D eigenvalue weighted by atomic mass is 16.5. The van der Waals surface area contributed by atoms with Crippen LogP contribution in [0.1, 0.15) is 5.56 Å². The Morgan fingerprint density at radius 2 is 2.23 bits per heavy atom. The number of rotatable bonds is 2. The number of hydrogen-bond donors (Lipinski definition) is 2. The van der Waals surface area contributed by atoms with Crippen LogP contribution in [0.25, 0.3) is 11.1 Å². The van der Waals surface area contributed by atoms with E-state index in [1.807, 2.05) is 18.2 Å². The van der Waals surface area contributed by atoms with Gasteiger partial charge in [0.2, 0.25) is 5.91 Å². The molecular weight excluding hydrogens is 334 g/mol. The number of aromatic nitrogens is 1. The molecule has 0 radical (unpaired) electrons. The number of carbonyl (C=O) groups is 1. The lowest BCUT2D eigenvalue weighted by atomic mass is 10.0. The maximum atomic E-state index is 12.8. The summed E-state index contributed by atoms with van der Waals surface area (Å²) in [7, 11) is 0. The summed E-state index contributed by atoms with van der Waals surface area (Å²) in [6.07, 6.45) is 3.44. The summed E-state index contributed by atoms with van der Waals surface area (Å²) in [6.45, 7) is 2.86. The van der Waals surface area contributed by atoms with Crippen LogP contribution in [0.3, 0.4) is 0 Å². The standard InChI is InChI=1S/C19H21N3O4/c23-17-9-14(13-2-1-3-20-10-13)8-15-11-22(5-7-26-18(15)17)19(24)16-12-25-6-4-21-16/h1-3,8-10,16,21,23H,4-7,11-12H2. The molecule has 4 rings (SSSR count). The van der Waals surface area contributed by atoms with Gasteiger partial charge in [0.1, 0.15) is 12.6 Å². The molecule has 0 bridgehead atoms. The van der Waals surface area contributed by atoms with Crippen molar-refractivity contribution in [1.82, 2.24) is 15.2 Å². The number of morpholine rings is 1. The summed E-state index contributed by atoms with van der Waals surface area (Å²) in [5.74, 6) is 0.517. The van der Waals surface area contributed by atoms with E-state index in [9.17, 15) is 9.90 Å². The van der Waals surface area contributed by atoms with Gasteiger partial charge in [0, 0.05) is 36.6 Å². The number of phenolic OH excluding ortho intramolecular Hbond substituents is 1. The highest BCUT2D eigenvalue weighted by Crippen LogP contribution is 2.37. The average Bonchev–Trinajstić information content (AvgIpc) is 2.91. The minimum absolute atomic E-state index is 0.00702. The van der Waals surface area contributed by atoms with Gasteiger partial charge in [0.15, 0.2) is 11.5 Å². The molecule has 26 heavy (non-hydrogen) atoms. The van der Waals surface area contributed by atoms with E-state index in [0.29, 0.717) is 45.2 Å². The number of carbonyl (C=O) groups excluding carboxylic acids is 1. The van der Waals surface area contributed by atoms with E-state index in [1.165, 1.54) is 0 Å². The largest absolute Gasteiger partial charge is 0.504 e. The van der Waals surface area contributed by atoms with E-state index in [4.69, 9.17) is 9.47 Å². The number of nitrogens with one attached hydrogen (secondary N) is 1. The number of amides is 1. The Labute approximate surface area is 151 Å². The Kier molecular flexibility index (Phi) is 4.73. The first-order valence-electron chi connectivity index (χ1n) is 8.71. The van der Waals surface area contributed by atoms with Crippen LogP contribution in [0.5, 0.6) is 11.5 Å². The van der Waals surface area contributed by atoms with Gasteiger partial charge in [-0.25, -0.2) is 0 Å². The molecule has 2 N–H and O–H groups in total. The molecule has 7 heteroatoms. The van der Waals surface area contributed by atoms with Crippen molar-refractivity contribution < 1.29 is 19.4 Å². The van der Waals surface area contributed by atoms with Crippen LogP contribution in [0.4, 0.5) is 0 Å². The van der Waals surface area contributed by atoms with Gasteiger partial charge in [0.25, 0.3) is 0 Å². The Balaban J connectivity index is 1.62. The Morgan fingerprint density at radius 3 is 3.00 bits per heavy atom. The molecule has 0 spiro atoms. The maximum absolute atomic E-state index is 12.8. The number of nitrogens with zero attached hydrogens (tertiary/aromatic N) is 2. The molecule has 2 aliphatic rings. The zero-order chi connectivity index (χ0) is 17.9. The van der Waals surface area contributed by atoms with Crippen molar-refractivity contribution in [1.29, 1.82) is 0 Å². The van der Waals surface area contributed by atoms with Gasteiger partial charge < -0.3 is 24.8 Å². The van der Waals surface area contributed by atoms with E-state index in [-0.39, 0.29) is 17.7 Å². The van der Waals surface area contributed by atoms with E-state index >= 15 is 0 Å². The van der Waals surface area contributed by atoms with Gasteiger partial charge in [-0.15, -0.1) is 0 Å². The molecule has 2 aliphatic heterocycles. The van der Waals surface area contributed by atoms with Crippen LogP contribution in [0, 0.1) is 0 Å². The first-order chi connectivity index (χ1) is 12.7. The van der Waals surface area contributed by atoms with Crippen molar-refractivity contribution in [3.8, 4) is 22.6 Å². The van der Waals surface area contributed by atoms with Gasteiger partial charge in [-0.3, -0.25) is 9.78 Å². The van der Waals surface area contributed by atoms with Gasteiger partial charge in [-0.05, 0) is 23.8 Å². The van der Waals surface area contributed by atoms with Crippen molar-refractivity contribution in [2.45, 2.75) is 12.6 Å². The minimum atomic E-state index is -0.333. The van der Waals surface area contributed by atoms with Crippen molar-refractivity contribution in [3.05, 3.63) is 42.2 Å². The molecule has 2 aromatic rings. The van der Waals surface area contributed by atoms with Crippen molar-refractivity contribution in [2.24, 2.45) is 0 Å². The van der Waals surface area contributed by atoms with Crippen molar-refractivity contribution in [3.63, 3.8) is 0 Å². The zero-order valence-electron chi connectivity index (χ0n) is 14.4. The summed E-state index contributed by atoms with van der Waals surface area (Å²) < 4.78 is 11.1. The molecule has 136 valence electrons. The quantitative estimate of drug-likeness (QED) is 0.841. The molecular formula is C19H21N3O4. The molecule has 0 saturated carbocycles. The van der Waals surface area contributed by atoms with Gasteiger partial charge in [0.05, 0.1) is 19.8 Å². The third-order valence-electron chi connectivity index (χ3n) is 4.64. The van der Waals surface area contributed by atoms with Crippen LogP contribution in [0.15, 0.2) is 36.7 Å². The van der Waals surface area contributed by atoms with Gasteiger partial charge in [-0.2, -0.15) is 0 Å². The summed E-state index contributed by atoms with van der Waals surface area (Å²) >= 11 is 0. The fourth-order valence-corrected chi connectivity index (χ4v) is 3.33. The van der Waals surface area contributed by atoms with Crippen LogP contribution in [-0.2, 0) is 16.1 Å². The van der Waals surface area contributed by atoms with Crippen LogP contribution in [0.2, 0.25) is 0 Å². The molecule has 7 nitrogen and oxygen atoms in total. The molecule has 1 aromatic carbocycles. The first-order valence-corrected chi connectivity index (χ1v) is 8.71. The van der Waals surface area contributed by atoms with Gasteiger partial charge in [-0.1, -0.05) is 6.07 Å². The summed E-state index contributed by atoms with van der Waals surface area (Å²) in [5.41, 5.74) is 2.52. The van der Waals surface area contributed by atoms with Crippen LogP contribution in [-0.4, -0.2) is 59.8 Å². The average molecular weight is 355 g/mol.